The van der Waals surface area contributed by atoms with E-state index in [0.29, 0.717) is 5.96 Å². The lowest BCUT2D eigenvalue weighted by Gasteiger charge is -2.03. The molecule has 13 heavy (non-hydrogen) atoms. The van der Waals surface area contributed by atoms with Gasteiger partial charge in [0.25, 0.3) is 0 Å². The second-order valence-corrected chi connectivity index (χ2v) is 3.88. The average Bonchev–Trinajstić information content (AvgIpc) is 2.13. The molecule has 3 N–H and O–H groups in total. The highest BCUT2D eigenvalue weighted by molar-refractivity contribution is 7.98. The topological polar surface area (TPSA) is 50.4 Å². The van der Waals surface area contributed by atoms with Crippen LogP contribution in [0.1, 0.15) is 26.2 Å². The maximum Gasteiger partial charge on any atom is 0.188 e. The molecular formula is C9H21N3S. The first-order valence-electron chi connectivity index (χ1n) is 4.84. The molecule has 3 nitrogen and oxygen atoms in total. The van der Waals surface area contributed by atoms with Crippen molar-refractivity contribution < 1.29 is 0 Å². The van der Waals surface area contributed by atoms with Gasteiger partial charge in [0.1, 0.15) is 0 Å². The van der Waals surface area contributed by atoms with Crippen molar-refractivity contribution in [3.8, 4) is 0 Å². The molecule has 0 unspecified atom stereocenters. The van der Waals surface area contributed by atoms with Crippen LogP contribution in [0.15, 0.2) is 4.99 Å². The standard InChI is InChI=1S/C9H21N3S/c1-3-4-6-11-9(10)12-7-5-8-13-2/h3-8H2,1-2H3,(H3,10,11,12). The Morgan fingerprint density at radius 3 is 2.85 bits per heavy atom. The maximum atomic E-state index is 5.63. The normalized spacial score (nSPS) is 11.7. The zero-order chi connectivity index (χ0) is 9.94. The zero-order valence-corrected chi connectivity index (χ0v) is 9.49. The molecule has 0 aromatic carbocycles. The van der Waals surface area contributed by atoms with Crippen LogP contribution in [0, 0.1) is 0 Å². The third-order valence-corrected chi connectivity index (χ3v) is 2.32. The van der Waals surface area contributed by atoms with Gasteiger partial charge in [0.05, 0.1) is 0 Å². The van der Waals surface area contributed by atoms with Gasteiger partial charge >= 0.3 is 0 Å². The number of nitrogens with two attached hydrogens (primary N) is 1. The number of hydrogen-bond acceptors (Lipinski definition) is 2. The summed E-state index contributed by atoms with van der Waals surface area (Å²) < 4.78 is 0. The van der Waals surface area contributed by atoms with Crippen LogP contribution in [-0.4, -0.2) is 31.1 Å². The number of unbranched alkanes of at least 4 members (excludes halogenated alkanes) is 1. The van der Waals surface area contributed by atoms with Gasteiger partial charge in [-0.1, -0.05) is 13.3 Å². The number of rotatable bonds is 7. The molecule has 0 aliphatic heterocycles. The Morgan fingerprint density at radius 1 is 1.46 bits per heavy atom. The molecule has 0 bridgehead atoms. The highest BCUT2D eigenvalue weighted by Gasteiger charge is 1.89. The van der Waals surface area contributed by atoms with E-state index in [-0.39, 0.29) is 0 Å². The van der Waals surface area contributed by atoms with Crippen molar-refractivity contribution in [3.63, 3.8) is 0 Å². The summed E-state index contributed by atoms with van der Waals surface area (Å²) in [6.45, 7) is 3.94. The highest BCUT2D eigenvalue weighted by Crippen LogP contribution is 1.94. The number of hydrogen-bond donors (Lipinski definition) is 2. The van der Waals surface area contributed by atoms with Crippen LogP contribution in [0.2, 0.25) is 0 Å². The largest absolute Gasteiger partial charge is 0.370 e. The highest BCUT2D eigenvalue weighted by atomic mass is 32.2. The predicted octanol–water partition coefficient (Wildman–Crippen LogP) is 1.44. The molecule has 0 aromatic rings. The molecule has 0 aliphatic carbocycles. The fourth-order valence-corrected chi connectivity index (χ4v) is 1.28. The van der Waals surface area contributed by atoms with Gasteiger partial charge in [-0.25, -0.2) is 0 Å². The van der Waals surface area contributed by atoms with Crippen molar-refractivity contribution >= 4 is 17.7 Å². The van der Waals surface area contributed by atoms with Crippen molar-refractivity contribution in [3.05, 3.63) is 0 Å². The van der Waals surface area contributed by atoms with Gasteiger partial charge in [0, 0.05) is 13.1 Å². The second-order valence-electron chi connectivity index (χ2n) is 2.89. The van der Waals surface area contributed by atoms with Crippen LogP contribution in [-0.2, 0) is 0 Å². The summed E-state index contributed by atoms with van der Waals surface area (Å²) in [7, 11) is 0. The van der Waals surface area contributed by atoms with E-state index < -0.39 is 0 Å². The summed E-state index contributed by atoms with van der Waals surface area (Å²) in [6, 6.07) is 0. The Hall–Kier alpha value is -0.380. The number of nitrogens with zero attached hydrogens (tertiary/aromatic N) is 1. The maximum absolute atomic E-state index is 5.63. The summed E-state index contributed by atoms with van der Waals surface area (Å²) >= 11 is 1.84. The minimum Gasteiger partial charge on any atom is -0.370 e. The summed E-state index contributed by atoms with van der Waals surface area (Å²) in [5.41, 5.74) is 5.63. The van der Waals surface area contributed by atoms with E-state index in [1.807, 2.05) is 11.8 Å². The quantitative estimate of drug-likeness (QED) is 0.374. The molecule has 0 rings (SSSR count). The van der Waals surface area contributed by atoms with E-state index in [0.717, 1.165) is 31.7 Å². The number of nitrogens with one attached hydrogen (secondary N) is 1. The molecule has 78 valence electrons. The lowest BCUT2D eigenvalue weighted by atomic mass is 10.3. The number of aliphatic imine (C=N–C) groups is 1. The van der Waals surface area contributed by atoms with Gasteiger partial charge in [0.15, 0.2) is 5.96 Å². The number of guanidine groups is 1. The van der Waals surface area contributed by atoms with E-state index in [1.165, 1.54) is 6.42 Å². The van der Waals surface area contributed by atoms with Crippen molar-refractivity contribution in [2.75, 3.05) is 25.1 Å². The molecule has 4 heteroatoms. The Balaban J connectivity index is 3.29. The molecule has 0 atom stereocenters. The van der Waals surface area contributed by atoms with Crippen molar-refractivity contribution in [2.24, 2.45) is 10.7 Å². The predicted molar refractivity (Wildman–Crippen MR) is 62.4 cm³/mol. The van der Waals surface area contributed by atoms with E-state index in [2.05, 4.69) is 23.5 Å². The molecule has 0 saturated carbocycles. The minimum atomic E-state index is 0.592. The second kappa shape index (κ2) is 9.71. The Kier molecular flexibility index (Phi) is 9.42. The molecule has 0 saturated heterocycles. The van der Waals surface area contributed by atoms with E-state index >= 15 is 0 Å². The minimum absolute atomic E-state index is 0.592. The first-order chi connectivity index (χ1) is 6.31. The Morgan fingerprint density at radius 2 is 2.23 bits per heavy atom. The summed E-state index contributed by atoms with van der Waals surface area (Å²) in [5.74, 6) is 1.75. The van der Waals surface area contributed by atoms with Crippen LogP contribution in [0.25, 0.3) is 0 Å². The fraction of sp³-hybridized carbons (Fsp3) is 0.889. The van der Waals surface area contributed by atoms with Crippen LogP contribution in [0.4, 0.5) is 0 Å². The third kappa shape index (κ3) is 9.53. The first kappa shape index (κ1) is 12.6. The monoisotopic (exact) mass is 203 g/mol. The van der Waals surface area contributed by atoms with E-state index in [4.69, 9.17) is 5.73 Å². The molecule has 0 amide bonds. The number of thioether (sulfide) groups is 1. The van der Waals surface area contributed by atoms with Gasteiger partial charge in [-0.15, -0.1) is 0 Å². The Bertz CT molecular complexity index is 137. The summed E-state index contributed by atoms with van der Waals surface area (Å²) in [5, 5.41) is 3.08. The lowest BCUT2D eigenvalue weighted by Crippen LogP contribution is -2.32. The van der Waals surface area contributed by atoms with Crippen LogP contribution in [0.3, 0.4) is 0 Å². The van der Waals surface area contributed by atoms with Gasteiger partial charge in [-0.2, -0.15) is 11.8 Å². The van der Waals surface area contributed by atoms with Gasteiger partial charge in [-0.3, -0.25) is 4.99 Å². The molecular weight excluding hydrogens is 182 g/mol. The lowest BCUT2D eigenvalue weighted by molar-refractivity contribution is 0.747. The fourth-order valence-electron chi connectivity index (χ4n) is 0.858. The van der Waals surface area contributed by atoms with Crippen molar-refractivity contribution in [2.45, 2.75) is 26.2 Å². The van der Waals surface area contributed by atoms with Gasteiger partial charge in [0.2, 0.25) is 0 Å². The molecule has 0 spiro atoms. The smallest absolute Gasteiger partial charge is 0.188 e. The van der Waals surface area contributed by atoms with Crippen LogP contribution in [0.5, 0.6) is 0 Å². The molecule has 0 aliphatic rings. The van der Waals surface area contributed by atoms with Crippen molar-refractivity contribution in [1.82, 2.24) is 5.32 Å². The molecule has 0 heterocycles. The Labute approximate surface area is 85.6 Å². The molecule has 0 fully saturated rings. The molecule has 0 aromatic heterocycles. The third-order valence-electron chi connectivity index (χ3n) is 1.63. The summed E-state index contributed by atoms with van der Waals surface area (Å²) in [6.07, 6.45) is 5.55. The van der Waals surface area contributed by atoms with Crippen molar-refractivity contribution in [1.29, 1.82) is 0 Å². The van der Waals surface area contributed by atoms with Crippen LogP contribution < -0.4 is 11.1 Å². The SMILES string of the molecule is CCCCNC(N)=NCCCSC. The van der Waals surface area contributed by atoms with E-state index in [9.17, 15) is 0 Å². The zero-order valence-electron chi connectivity index (χ0n) is 8.68. The van der Waals surface area contributed by atoms with Gasteiger partial charge in [-0.05, 0) is 24.9 Å². The average molecular weight is 203 g/mol. The first-order valence-corrected chi connectivity index (χ1v) is 6.23. The van der Waals surface area contributed by atoms with Crippen LogP contribution >= 0.6 is 11.8 Å². The molecule has 0 radical (unpaired) electrons. The van der Waals surface area contributed by atoms with Gasteiger partial charge < -0.3 is 11.1 Å². The van der Waals surface area contributed by atoms with E-state index in [1.54, 1.807) is 0 Å². The summed E-state index contributed by atoms with van der Waals surface area (Å²) in [4.78, 5) is 4.20.